The van der Waals surface area contributed by atoms with Gasteiger partial charge in [0.25, 0.3) is 0 Å². The summed E-state index contributed by atoms with van der Waals surface area (Å²) >= 11 is 0. The van der Waals surface area contributed by atoms with Crippen LogP contribution in [0.2, 0.25) is 0 Å². The quantitative estimate of drug-likeness (QED) is 0.774. The molecule has 0 aliphatic rings. The summed E-state index contributed by atoms with van der Waals surface area (Å²) in [4.78, 5) is 9.26. The third-order valence-electron chi connectivity index (χ3n) is 2.53. The van der Waals surface area contributed by atoms with Crippen LogP contribution in [0.3, 0.4) is 0 Å². The molecular formula is C12H16N4. The lowest BCUT2D eigenvalue weighted by Crippen LogP contribution is -2.06. The average molecular weight is 216 g/mol. The Bertz CT molecular complexity index is 459. The Morgan fingerprint density at radius 2 is 1.12 bits per heavy atom. The van der Waals surface area contributed by atoms with Gasteiger partial charge in [0, 0.05) is 0 Å². The summed E-state index contributed by atoms with van der Waals surface area (Å²) in [5.74, 6) is 0.755. The molecule has 0 amide bonds. The predicted octanol–water partition coefficient (Wildman–Crippen LogP) is 2.67. The van der Waals surface area contributed by atoms with Gasteiger partial charge in [0.2, 0.25) is 0 Å². The highest BCUT2D eigenvalue weighted by atomic mass is 15.1. The number of nitrogens with zero attached hydrogens (tertiary/aromatic N) is 4. The van der Waals surface area contributed by atoms with Crippen molar-refractivity contribution in [3.63, 3.8) is 0 Å². The van der Waals surface area contributed by atoms with Crippen LogP contribution in [0, 0.1) is 0 Å². The normalized spacial score (nSPS) is 11.6. The van der Waals surface area contributed by atoms with Gasteiger partial charge >= 0.3 is 0 Å². The van der Waals surface area contributed by atoms with Crippen LogP contribution >= 0.6 is 0 Å². The van der Waals surface area contributed by atoms with Gasteiger partial charge in [-0.25, -0.2) is 9.97 Å². The van der Waals surface area contributed by atoms with E-state index in [1.165, 1.54) is 0 Å². The van der Waals surface area contributed by atoms with E-state index in [9.17, 15) is 0 Å². The van der Waals surface area contributed by atoms with Crippen molar-refractivity contribution >= 4 is 11.0 Å². The highest BCUT2D eigenvalue weighted by Gasteiger charge is 2.14. The zero-order valence-electron chi connectivity index (χ0n) is 10.1. The Morgan fingerprint density at radius 3 is 1.44 bits per heavy atom. The van der Waals surface area contributed by atoms with Crippen LogP contribution in [0.5, 0.6) is 0 Å². The zero-order chi connectivity index (χ0) is 11.7. The van der Waals surface area contributed by atoms with Crippen molar-refractivity contribution < 1.29 is 0 Å². The fourth-order valence-electron chi connectivity index (χ4n) is 1.70. The summed E-state index contributed by atoms with van der Waals surface area (Å²) in [5.41, 5.74) is 3.78. The van der Waals surface area contributed by atoms with Gasteiger partial charge < -0.3 is 0 Å². The number of hydrogen-bond donors (Lipinski definition) is 0. The van der Waals surface area contributed by atoms with Crippen LogP contribution in [0.15, 0.2) is 12.4 Å². The van der Waals surface area contributed by atoms with E-state index in [0.29, 0.717) is 11.8 Å². The molecule has 0 spiro atoms. The number of fused-ring (bicyclic) bond motifs is 1. The Balaban J connectivity index is 2.71. The van der Waals surface area contributed by atoms with Crippen molar-refractivity contribution in [1.29, 1.82) is 0 Å². The maximum atomic E-state index is 4.63. The Labute approximate surface area is 95.1 Å². The summed E-state index contributed by atoms with van der Waals surface area (Å²) in [6, 6.07) is 0. The van der Waals surface area contributed by atoms with Gasteiger partial charge in [-0.15, -0.1) is 0 Å². The molecule has 0 aromatic carbocycles. The highest BCUT2D eigenvalue weighted by molar-refractivity contribution is 5.72. The predicted molar refractivity (Wildman–Crippen MR) is 63.3 cm³/mol. The molecule has 0 unspecified atom stereocenters. The summed E-state index contributed by atoms with van der Waals surface area (Å²) in [7, 11) is 0. The molecule has 0 saturated heterocycles. The molecule has 2 heterocycles. The molecule has 4 heteroatoms. The fraction of sp³-hybridized carbons (Fsp3) is 0.500. The minimum atomic E-state index is 0.377. The van der Waals surface area contributed by atoms with Crippen LogP contribution in [0.25, 0.3) is 11.0 Å². The molecule has 0 atom stereocenters. The molecule has 16 heavy (non-hydrogen) atoms. The first-order valence-corrected chi connectivity index (χ1v) is 5.57. The second kappa shape index (κ2) is 4.12. The molecule has 0 aliphatic carbocycles. The molecule has 0 N–H and O–H groups in total. The van der Waals surface area contributed by atoms with E-state index in [2.05, 4.69) is 47.9 Å². The van der Waals surface area contributed by atoms with Crippen LogP contribution < -0.4 is 0 Å². The van der Waals surface area contributed by atoms with Gasteiger partial charge in [-0.1, -0.05) is 27.7 Å². The van der Waals surface area contributed by atoms with Gasteiger partial charge in [0.15, 0.2) is 0 Å². The molecule has 4 nitrogen and oxygen atoms in total. The van der Waals surface area contributed by atoms with Crippen molar-refractivity contribution in [3.8, 4) is 0 Å². The van der Waals surface area contributed by atoms with Crippen molar-refractivity contribution in [3.05, 3.63) is 23.8 Å². The van der Waals surface area contributed by atoms with Crippen molar-refractivity contribution in [2.75, 3.05) is 0 Å². The Hall–Kier alpha value is -1.58. The average Bonchev–Trinajstić information content (AvgIpc) is 2.27. The molecule has 0 bridgehead atoms. The van der Waals surface area contributed by atoms with Crippen molar-refractivity contribution in [2.24, 2.45) is 0 Å². The lowest BCUT2D eigenvalue weighted by Gasteiger charge is -2.14. The molecule has 0 fully saturated rings. The van der Waals surface area contributed by atoms with Crippen LogP contribution in [0.4, 0.5) is 0 Å². The van der Waals surface area contributed by atoms with E-state index in [0.717, 1.165) is 22.4 Å². The van der Waals surface area contributed by atoms with E-state index in [1.54, 1.807) is 12.4 Å². The van der Waals surface area contributed by atoms with E-state index < -0.39 is 0 Å². The second-order valence-corrected chi connectivity index (χ2v) is 4.56. The number of hydrogen-bond acceptors (Lipinski definition) is 4. The smallest absolute Gasteiger partial charge is 0.111 e. The monoisotopic (exact) mass is 216 g/mol. The maximum Gasteiger partial charge on any atom is 0.111 e. The molecule has 2 aromatic heterocycles. The molecule has 0 aliphatic heterocycles. The maximum absolute atomic E-state index is 4.63. The molecule has 0 saturated carbocycles. The van der Waals surface area contributed by atoms with Gasteiger partial charge in [-0.2, -0.15) is 10.2 Å². The summed E-state index contributed by atoms with van der Waals surface area (Å²) in [6.07, 6.45) is 3.33. The van der Waals surface area contributed by atoms with Crippen molar-refractivity contribution in [1.82, 2.24) is 20.2 Å². The fourth-order valence-corrected chi connectivity index (χ4v) is 1.70. The largest absolute Gasteiger partial charge is 0.247 e. The van der Waals surface area contributed by atoms with Crippen LogP contribution in [-0.4, -0.2) is 20.2 Å². The Kier molecular flexibility index (Phi) is 2.81. The van der Waals surface area contributed by atoms with Crippen molar-refractivity contribution in [2.45, 2.75) is 39.5 Å². The molecule has 0 radical (unpaired) electrons. The molecule has 84 valence electrons. The molecular weight excluding hydrogens is 200 g/mol. The minimum Gasteiger partial charge on any atom is -0.247 e. The van der Waals surface area contributed by atoms with Gasteiger partial charge in [-0.3, -0.25) is 0 Å². The second-order valence-electron chi connectivity index (χ2n) is 4.56. The number of rotatable bonds is 2. The molecule has 2 aromatic rings. The summed E-state index contributed by atoms with van der Waals surface area (Å²) < 4.78 is 0. The number of aromatic nitrogens is 4. The first kappa shape index (κ1) is 10.9. The van der Waals surface area contributed by atoms with Crippen LogP contribution in [-0.2, 0) is 0 Å². The SMILES string of the molecule is CC(C)c1nc2cnncc2nc1C(C)C. The summed E-state index contributed by atoms with van der Waals surface area (Å²) in [6.45, 7) is 8.54. The topological polar surface area (TPSA) is 51.6 Å². The van der Waals surface area contributed by atoms with E-state index in [-0.39, 0.29) is 0 Å². The first-order valence-electron chi connectivity index (χ1n) is 5.57. The van der Waals surface area contributed by atoms with E-state index in [4.69, 9.17) is 0 Å². The first-order chi connectivity index (χ1) is 7.59. The third-order valence-corrected chi connectivity index (χ3v) is 2.53. The summed E-state index contributed by atoms with van der Waals surface area (Å²) in [5, 5.41) is 7.67. The van der Waals surface area contributed by atoms with E-state index in [1.807, 2.05) is 0 Å². The lowest BCUT2D eigenvalue weighted by atomic mass is 10.0. The molecule has 2 rings (SSSR count). The van der Waals surface area contributed by atoms with Gasteiger partial charge in [0.05, 0.1) is 23.8 Å². The minimum absolute atomic E-state index is 0.377. The lowest BCUT2D eigenvalue weighted by molar-refractivity contribution is 0.736. The van der Waals surface area contributed by atoms with E-state index >= 15 is 0 Å². The van der Waals surface area contributed by atoms with Crippen LogP contribution in [0.1, 0.15) is 50.9 Å². The zero-order valence-corrected chi connectivity index (χ0v) is 10.1. The highest BCUT2D eigenvalue weighted by Crippen LogP contribution is 2.24. The van der Waals surface area contributed by atoms with Gasteiger partial charge in [-0.05, 0) is 11.8 Å². The standard InChI is InChI=1S/C12H16N4/c1-7(2)11-12(8(3)4)16-10-6-14-13-5-9(10)15-11/h5-8H,1-4H3. The van der Waals surface area contributed by atoms with Gasteiger partial charge in [0.1, 0.15) is 11.0 Å². The third kappa shape index (κ3) is 1.87. The Morgan fingerprint density at radius 1 is 0.750 bits per heavy atom.